The van der Waals surface area contributed by atoms with Crippen LogP contribution in [0.25, 0.3) is 0 Å². The molecule has 4 aliphatic heterocycles. The molecule has 6 heteroatoms. The molecule has 4 fully saturated rings. The second kappa shape index (κ2) is 14.8. The number of piperazine rings is 1. The van der Waals surface area contributed by atoms with Crippen LogP contribution in [0, 0.1) is 18.8 Å². The topological polar surface area (TPSA) is 25.4 Å². The number of piperidine rings is 3. The minimum atomic E-state index is 0.749. The first-order valence-corrected chi connectivity index (χ1v) is 17.4. The first-order valence-electron chi connectivity index (χ1n) is 17.4. The highest BCUT2D eigenvalue weighted by Crippen LogP contribution is 2.31. The summed E-state index contributed by atoms with van der Waals surface area (Å²) >= 11 is 0. The number of benzene rings is 2. The van der Waals surface area contributed by atoms with Gasteiger partial charge in [0.1, 0.15) is 5.75 Å². The summed E-state index contributed by atoms with van der Waals surface area (Å²) in [6.45, 7) is 17.8. The van der Waals surface area contributed by atoms with Crippen molar-refractivity contribution in [1.82, 2.24) is 19.6 Å². The van der Waals surface area contributed by atoms with Gasteiger partial charge in [0.25, 0.3) is 0 Å². The van der Waals surface area contributed by atoms with Crippen molar-refractivity contribution in [2.45, 2.75) is 57.9 Å². The summed E-state index contributed by atoms with van der Waals surface area (Å²) < 4.78 is 5.94. The molecular formula is C37H57N5O. The molecule has 4 saturated heterocycles. The number of aryl methyl sites for hydroxylation is 1. The van der Waals surface area contributed by atoms with E-state index in [2.05, 4.69) is 80.9 Å². The molecule has 43 heavy (non-hydrogen) atoms. The number of likely N-dealkylation sites (tertiary alicyclic amines) is 3. The fraction of sp³-hybridized carbons (Fsp3) is 0.676. The van der Waals surface area contributed by atoms with E-state index in [0.717, 1.165) is 43.1 Å². The molecule has 236 valence electrons. The third-order valence-corrected chi connectivity index (χ3v) is 11.1. The predicted octanol–water partition coefficient (Wildman–Crippen LogP) is 5.56. The Hall–Kier alpha value is -2.12. The minimum Gasteiger partial charge on any atom is -0.496 e. The van der Waals surface area contributed by atoms with Gasteiger partial charge in [0, 0.05) is 63.1 Å². The summed E-state index contributed by atoms with van der Waals surface area (Å²) in [6, 6.07) is 16.2. The van der Waals surface area contributed by atoms with E-state index in [-0.39, 0.29) is 0 Å². The number of hydrogen-bond acceptors (Lipinski definition) is 6. The van der Waals surface area contributed by atoms with E-state index < -0.39 is 0 Å². The zero-order valence-corrected chi connectivity index (χ0v) is 27.4. The fourth-order valence-electron chi connectivity index (χ4n) is 8.08. The van der Waals surface area contributed by atoms with Gasteiger partial charge in [-0.2, -0.15) is 0 Å². The Kier molecular flexibility index (Phi) is 10.6. The number of ether oxygens (including phenoxy) is 1. The van der Waals surface area contributed by atoms with Gasteiger partial charge in [0.15, 0.2) is 0 Å². The Balaban J connectivity index is 0.920. The number of nitrogens with zero attached hydrogens (tertiary/aromatic N) is 5. The van der Waals surface area contributed by atoms with Gasteiger partial charge in [-0.3, -0.25) is 9.80 Å². The molecule has 0 N–H and O–H groups in total. The Bertz CT molecular complexity index is 1120. The molecular weight excluding hydrogens is 530 g/mol. The van der Waals surface area contributed by atoms with E-state index in [1.807, 2.05) is 7.11 Å². The lowest BCUT2D eigenvalue weighted by Crippen LogP contribution is -2.48. The Morgan fingerprint density at radius 1 is 0.651 bits per heavy atom. The normalized spacial score (nSPS) is 23.2. The lowest BCUT2D eigenvalue weighted by atomic mass is 9.88. The first-order chi connectivity index (χ1) is 21.0. The molecule has 0 saturated carbocycles. The molecule has 0 amide bonds. The van der Waals surface area contributed by atoms with Crippen LogP contribution in [0.2, 0.25) is 0 Å². The van der Waals surface area contributed by atoms with Gasteiger partial charge in [-0.05, 0) is 121 Å². The lowest BCUT2D eigenvalue weighted by molar-refractivity contribution is 0.123. The Morgan fingerprint density at radius 2 is 1.23 bits per heavy atom. The highest BCUT2D eigenvalue weighted by atomic mass is 16.5. The maximum Gasteiger partial charge on any atom is 0.125 e. The molecule has 2 aromatic carbocycles. The van der Waals surface area contributed by atoms with Crippen LogP contribution in [0.4, 0.5) is 5.69 Å². The van der Waals surface area contributed by atoms with Crippen molar-refractivity contribution in [3.05, 3.63) is 59.2 Å². The van der Waals surface area contributed by atoms with Gasteiger partial charge in [0.2, 0.25) is 0 Å². The monoisotopic (exact) mass is 587 g/mol. The molecule has 0 atom stereocenters. The molecule has 2 aromatic rings. The van der Waals surface area contributed by atoms with E-state index in [1.165, 1.54) is 121 Å². The number of hydrogen-bond donors (Lipinski definition) is 0. The van der Waals surface area contributed by atoms with E-state index in [1.54, 1.807) is 5.56 Å². The van der Waals surface area contributed by atoms with Gasteiger partial charge < -0.3 is 19.4 Å². The summed E-state index contributed by atoms with van der Waals surface area (Å²) in [5.74, 6) is 3.53. The highest BCUT2D eigenvalue weighted by molar-refractivity contribution is 5.54. The summed E-state index contributed by atoms with van der Waals surface area (Å²) in [5.41, 5.74) is 5.57. The van der Waals surface area contributed by atoms with Crippen molar-refractivity contribution in [1.29, 1.82) is 0 Å². The van der Waals surface area contributed by atoms with Crippen LogP contribution in [0.3, 0.4) is 0 Å². The second-order valence-electron chi connectivity index (χ2n) is 14.2. The number of methoxy groups -OCH3 is 1. The van der Waals surface area contributed by atoms with Crippen LogP contribution in [0.5, 0.6) is 5.75 Å². The molecule has 0 aromatic heterocycles. The second-order valence-corrected chi connectivity index (χ2v) is 14.2. The summed E-state index contributed by atoms with van der Waals surface area (Å²) in [7, 11) is 4.10. The van der Waals surface area contributed by atoms with Gasteiger partial charge in [-0.25, -0.2) is 0 Å². The van der Waals surface area contributed by atoms with Crippen molar-refractivity contribution < 1.29 is 4.74 Å². The predicted molar refractivity (Wildman–Crippen MR) is 179 cm³/mol. The molecule has 0 radical (unpaired) electrons. The third-order valence-electron chi connectivity index (χ3n) is 11.1. The summed E-state index contributed by atoms with van der Waals surface area (Å²) in [5, 5.41) is 0. The van der Waals surface area contributed by atoms with Crippen LogP contribution in [0.15, 0.2) is 42.5 Å². The minimum absolute atomic E-state index is 0.749. The molecule has 4 heterocycles. The smallest absolute Gasteiger partial charge is 0.125 e. The van der Waals surface area contributed by atoms with Crippen molar-refractivity contribution in [3.8, 4) is 5.75 Å². The van der Waals surface area contributed by atoms with Gasteiger partial charge >= 0.3 is 0 Å². The standard InChI is InChI=1S/C37H57N5O/c1-30-4-6-33(7-5-30)34-14-20-39(21-15-34)27-32-12-18-40(19-13-32)29-35-8-9-36(26-37(35)43-3)42-24-22-41(23-25-42)28-31-10-16-38(2)17-11-31/h4-9,26,31-32,34H,10-25,27-29H2,1-3H3. The summed E-state index contributed by atoms with van der Waals surface area (Å²) in [6.07, 6.45) is 7.99. The average Bonchev–Trinajstić information content (AvgIpc) is 3.04. The molecule has 0 bridgehead atoms. The molecule has 6 rings (SSSR count). The molecule has 0 unspecified atom stereocenters. The maximum absolute atomic E-state index is 5.94. The van der Waals surface area contributed by atoms with Gasteiger partial charge in [0.05, 0.1) is 7.11 Å². The fourth-order valence-corrected chi connectivity index (χ4v) is 8.08. The van der Waals surface area contributed by atoms with Crippen molar-refractivity contribution in [3.63, 3.8) is 0 Å². The van der Waals surface area contributed by atoms with E-state index in [9.17, 15) is 0 Å². The van der Waals surface area contributed by atoms with Crippen LogP contribution in [-0.2, 0) is 6.54 Å². The van der Waals surface area contributed by atoms with E-state index in [0.29, 0.717) is 0 Å². The van der Waals surface area contributed by atoms with Crippen molar-refractivity contribution in [2.24, 2.45) is 11.8 Å². The van der Waals surface area contributed by atoms with Crippen LogP contribution < -0.4 is 9.64 Å². The molecule has 4 aliphatic rings. The van der Waals surface area contributed by atoms with E-state index >= 15 is 0 Å². The van der Waals surface area contributed by atoms with Crippen molar-refractivity contribution >= 4 is 5.69 Å². The average molecular weight is 588 g/mol. The number of anilines is 1. The molecule has 0 aliphatic carbocycles. The zero-order valence-electron chi connectivity index (χ0n) is 27.4. The van der Waals surface area contributed by atoms with Gasteiger partial charge in [-0.1, -0.05) is 35.9 Å². The number of rotatable bonds is 9. The Labute approximate surface area is 262 Å². The van der Waals surface area contributed by atoms with Crippen LogP contribution >= 0.6 is 0 Å². The Morgan fingerprint density at radius 3 is 1.86 bits per heavy atom. The van der Waals surface area contributed by atoms with E-state index in [4.69, 9.17) is 4.74 Å². The largest absolute Gasteiger partial charge is 0.496 e. The molecule has 0 spiro atoms. The summed E-state index contributed by atoms with van der Waals surface area (Å²) in [4.78, 5) is 13.1. The highest BCUT2D eigenvalue weighted by Gasteiger charge is 2.27. The van der Waals surface area contributed by atoms with Crippen molar-refractivity contribution in [2.75, 3.05) is 97.6 Å². The van der Waals surface area contributed by atoms with Gasteiger partial charge in [-0.15, -0.1) is 0 Å². The maximum atomic E-state index is 5.94. The lowest BCUT2D eigenvalue weighted by Gasteiger charge is -2.39. The quantitative estimate of drug-likeness (QED) is 0.381. The first kappa shape index (κ1) is 30.9. The van der Waals surface area contributed by atoms with Crippen LogP contribution in [-0.4, -0.2) is 112 Å². The molecule has 6 nitrogen and oxygen atoms in total. The zero-order chi connectivity index (χ0) is 29.6. The third kappa shape index (κ3) is 8.33. The SMILES string of the molecule is COc1cc(N2CCN(CC3CCN(C)CC3)CC2)ccc1CN1CCC(CN2CCC(c3ccc(C)cc3)CC2)CC1. The van der Waals surface area contributed by atoms with Crippen LogP contribution in [0.1, 0.15) is 61.1 Å².